The van der Waals surface area contributed by atoms with Crippen molar-refractivity contribution in [1.82, 2.24) is 5.32 Å². The molecule has 0 spiro atoms. The highest BCUT2D eigenvalue weighted by Crippen LogP contribution is 2.44. The van der Waals surface area contributed by atoms with Crippen LogP contribution in [0.4, 0.5) is 4.79 Å². The number of hydrogen-bond donors (Lipinski definition) is 2. The second kappa shape index (κ2) is 10.1. The molecule has 0 unspecified atom stereocenters. The molecule has 0 fully saturated rings. The highest BCUT2D eigenvalue weighted by Gasteiger charge is 2.29. The number of ether oxygens (including phenoxy) is 1. The molecule has 0 saturated heterocycles. The van der Waals surface area contributed by atoms with Gasteiger partial charge in [0.25, 0.3) is 0 Å². The molecular weight excluding hydrogens is 418 g/mol. The van der Waals surface area contributed by atoms with Crippen LogP contribution in [-0.2, 0) is 20.7 Å². The zero-order valence-corrected chi connectivity index (χ0v) is 18.1. The van der Waals surface area contributed by atoms with Crippen molar-refractivity contribution in [2.75, 3.05) is 6.61 Å². The van der Waals surface area contributed by atoms with E-state index in [-0.39, 0.29) is 37.6 Å². The standard InChI is InChI=1S/C27H25NO5/c29-25(14-15-26(30)31)24(16-18-8-2-1-3-9-18)28-27(32)33-17-23-21-12-6-4-10-19(21)20-11-5-7-13-22(20)23/h1-13,23-24H,14-17H2,(H,28,32)(H,30,31)/t24-/m0/s1. The predicted molar refractivity (Wildman–Crippen MR) is 124 cm³/mol. The number of fused-ring (bicyclic) bond motifs is 3. The van der Waals surface area contributed by atoms with Gasteiger partial charge >= 0.3 is 12.1 Å². The Kier molecular flexibility index (Phi) is 6.83. The average Bonchev–Trinajstić information content (AvgIpc) is 3.15. The van der Waals surface area contributed by atoms with Crippen molar-refractivity contribution in [2.45, 2.75) is 31.2 Å². The van der Waals surface area contributed by atoms with Crippen LogP contribution in [0.25, 0.3) is 11.1 Å². The Morgan fingerprint density at radius 2 is 1.39 bits per heavy atom. The summed E-state index contributed by atoms with van der Waals surface area (Å²) in [6, 6.07) is 24.5. The van der Waals surface area contributed by atoms with Crippen LogP contribution in [0.15, 0.2) is 78.9 Å². The maximum Gasteiger partial charge on any atom is 0.407 e. The first-order valence-corrected chi connectivity index (χ1v) is 10.9. The predicted octanol–water partition coefficient (Wildman–Crippen LogP) is 4.57. The minimum atomic E-state index is -1.05. The highest BCUT2D eigenvalue weighted by molar-refractivity contribution is 5.89. The molecule has 2 N–H and O–H groups in total. The monoisotopic (exact) mass is 443 g/mol. The third-order valence-electron chi connectivity index (χ3n) is 5.89. The number of rotatable bonds is 9. The number of carboxylic acids is 1. The summed E-state index contributed by atoms with van der Waals surface area (Å²) >= 11 is 0. The van der Waals surface area contributed by atoms with E-state index in [4.69, 9.17) is 9.84 Å². The van der Waals surface area contributed by atoms with E-state index < -0.39 is 18.1 Å². The smallest absolute Gasteiger partial charge is 0.407 e. The molecule has 0 bridgehead atoms. The molecule has 3 aromatic carbocycles. The summed E-state index contributed by atoms with van der Waals surface area (Å²) in [5.41, 5.74) is 5.33. The molecule has 1 amide bonds. The van der Waals surface area contributed by atoms with Gasteiger partial charge in [-0.05, 0) is 34.2 Å². The Morgan fingerprint density at radius 1 is 0.818 bits per heavy atom. The summed E-state index contributed by atoms with van der Waals surface area (Å²) in [5, 5.41) is 11.6. The van der Waals surface area contributed by atoms with Crippen molar-refractivity contribution in [3.05, 3.63) is 95.6 Å². The van der Waals surface area contributed by atoms with Crippen LogP contribution in [0.2, 0.25) is 0 Å². The molecule has 3 aromatic rings. The summed E-state index contributed by atoms with van der Waals surface area (Å²) in [5.74, 6) is -1.48. The first kappa shape index (κ1) is 22.3. The second-order valence-corrected chi connectivity index (χ2v) is 8.07. The lowest BCUT2D eigenvalue weighted by Crippen LogP contribution is -2.43. The number of Topliss-reactive ketones (excluding diaryl/α,β-unsaturated/α-hetero) is 1. The lowest BCUT2D eigenvalue weighted by Gasteiger charge is -2.19. The topological polar surface area (TPSA) is 92.7 Å². The summed E-state index contributed by atoms with van der Waals surface area (Å²) in [4.78, 5) is 36.2. The van der Waals surface area contributed by atoms with Crippen molar-refractivity contribution in [2.24, 2.45) is 0 Å². The molecule has 0 aromatic heterocycles. The van der Waals surface area contributed by atoms with Gasteiger partial charge in [0.1, 0.15) is 6.61 Å². The Hall–Kier alpha value is -3.93. The normalized spacial score (nSPS) is 13.0. The molecule has 0 heterocycles. The van der Waals surface area contributed by atoms with Crippen molar-refractivity contribution >= 4 is 17.8 Å². The number of ketones is 1. The molecule has 1 atom stereocenters. The highest BCUT2D eigenvalue weighted by atomic mass is 16.5. The number of nitrogens with one attached hydrogen (secondary N) is 1. The van der Waals surface area contributed by atoms with Gasteiger partial charge in [-0.15, -0.1) is 0 Å². The number of carbonyl (C=O) groups excluding carboxylic acids is 2. The summed E-state index contributed by atoms with van der Waals surface area (Å²) < 4.78 is 5.57. The third-order valence-corrected chi connectivity index (χ3v) is 5.89. The van der Waals surface area contributed by atoms with E-state index >= 15 is 0 Å². The number of carbonyl (C=O) groups is 3. The Morgan fingerprint density at radius 3 is 2.00 bits per heavy atom. The number of hydrogen-bond acceptors (Lipinski definition) is 4. The van der Waals surface area contributed by atoms with Crippen LogP contribution < -0.4 is 5.32 Å². The van der Waals surface area contributed by atoms with Gasteiger partial charge in [0.05, 0.1) is 12.5 Å². The van der Waals surface area contributed by atoms with Gasteiger partial charge in [-0.2, -0.15) is 0 Å². The van der Waals surface area contributed by atoms with Crippen LogP contribution in [0.1, 0.15) is 35.4 Å². The van der Waals surface area contributed by atoms with Crippen molar-refractivity contribution in [3.63, 3.8) is 0 Å². The minimum absolute atomic E-state index is 0.0848. The fraction of sp³-hybridized carbons (Fsp3) is 0.222. The van der Waals surface area contributed by atoms with Gasteiger partial charge in [0.2, 0.25) is 0 Å². The summed E-state index contributed by atoms with van der Waals surface area (Å²) in [7, 11) is 0. The zero-order chi connectivity index (χ0) is 23.2. The first-order chi connectivity index (χ1) is 16.0. The quantitative estimate of drug-likeness (QED) is 0.505. The van der Waals surface area contributed by atoms with Gasteiger partial charge < -0.3 is 15.2 Å². The number of benzene rings is 3. The van der Waals surface area contributed by atoms with Gasteiger partial charge in [0, 0.05) is 12.3 Å². The van der Waals surface area contributed by atoms with Crippen LogP contribution >= 0.6 is 0 Å². The zero-order valence-electron chi connectivity index (χ0n) is 18.1. The Labute approximate surface area is 192 Å². The molecule has 4 rings (SSSR count). The van der Waals surface area contributed by atoms with Crippen LogP contribution in [0.5, 0.6) is 0 Å². The van der Waals surface area contributed by atoms with Crippen molar-refractivity contribution in [3.8, 4) is 11.1 Å². The molecule has 0 aliphatic heterocycles. The molecule has 1 aliphatic carbocycles. The molecule has 6 heteroatoms. The van der Waals surface area contributed by atoms with E-state index in [1.807, 2.05) is 66.7 Å². The Bertz CT molecular complexity index is 1110. The summed E-state index contributed by atoms with van der Waals surface area (Å²) in [6.07, 6.45) is -0.863. The fourth-order valence-corrected chi connectivity index (χ4v) is 4.28. The van der Waals surface area contributed by atoms with Crippen LogP contribution in [-0.4, -0.2) is 35.6 Å². The maximum absolute atomic E-state index is 12.7. The van der Waals surface area contributed by atoms with E-state index in [9.17, 15) is 14.4 Å². The van der Waals surface area contributed by atoms with Gasteiger partial charge in [0.15, 0.2) is 5.78 Å². The largest absolute Gasteiger partial charge is 0.481 e. The number of carboxylic acid groups (broad SMARTS) is 1. The molecular formula is C27H25NO5. The summed E-state index contributed by atoms with van der Waals surface area (Å²) in [6.45, 7) is 0.140. The molecule has 33 heavy (non-hydrogen) atoms. The lowest BCUT2D eigenvalue weighted by atomic mass is 9.98. The lowest BCUT2D eigenvalue weighted by molar-refractivity contribution is -0.138. The van der Waals surface area contributed by atoms with E-state index in [1.165, 1.54) is 0 Å². The number of alkyl carbamates (subject to hydrolysis) is 1. The Balaban J connectivity index is 1.44. The molecule has 0 saturated carbocycles. The van der Waals surface area contributed by atoms with E-state index in [1.54, 1.807) is 0 Å². The SMILES string of the molecule is O=C(O)CCC(=O)[C@H](Cc1ccccc1)NC(=O)OCC1c2ccccc2-c2ccccc21. The molecule has 168 valence electrons. The van der Waals surface area contributed by atoms with E-state index in [0.29, 0.717) is 0 Å². The average molecular weight is 443 g/mol. The van der Waals surface area contributed by atoms with Gasteiger partial charge in [-0.1, -0.05) is 78.9 Å². The molecule has 0 radical (unpaired) electrons. The van der Waals surface area contributed by atoms with Crippen LogP contribution in [0, 0.1) is 0 Å². The van der Waals surface area contributed by atoms with Crippen molar-refractivity contribution in [1.29, 1.82) is 0 Å². The minimum Gasteiger partial charge on any atom is -0.481 e. The first-order valence-electron chi connectivity index (χ1n) is 10.9. The number of amides is 1. The van der Waals surface area contributed by atoms with Crippen LogP contribution in [0.3, 0.4) is 0 Å². The fourth-order valence-electron chi connectivity index (χ4n) is 4.28. The molecule has 6 nitrogen and oxygen atoms in total. The van der Waals surface area contributed by atoms with Gasteiger partial charge in [-0.3, -0.25) is 9.59 Å². The second-order valence-electron chi connectivity index (χ2n) is 8.07. The molecule has 1 aliphatic rings. The maximum atomic E-state index is 12.7. The third kappa shape index (κ3) is 5.29. The van der Waals surface area contributed by atoms with E-state index in [2.05, 4.69) is 17.4 Å². The van der Waals surface area contributed by atoms with Gasteiger partial charge in [-0.25, -0.2) is 4.79 Å². The number of aliphatic carboxylic acids is 1. The van der Waals surface area contributed by atoms with Crippen molar-refractivity contribution < 1.29 is 24.2 Å². The van der Waals surface area contributed by atoms with E-state index in [0.717, 1.165) is 27.8 Å².